The maximum absolute atomic E-state index is 15.0. The van der Waals surface area contributed by atoms with Gasteiger partial charge in [0.2, 0.25) is 5.91 Å². The Morgan fingerprint density at radius 2 is 1.51 bits per heavy atom. The molecule has 0 N–H and O–H groups in total. The predicted molar refractivity (Wildman–Crippen MR) is 146 cm³/mol. The monoisotopic (exact) mass is 531 g/mol. The number of halogens is 1. The highest BCUT2D eigenvalue weighted by molar-refractivity contribution is 6.30. The Balaban J connectivity index is 1.52. The van der Waals surface area contributed by atoms with Crippen LogP contribution in [0.3, 0.4) is 0 Å². The number of hydrogen-bond acceptors (Lipinski definition) is 5. The van der Waals surface area contributed by atoms with E-state index in [-0.39, 0.29) is 17.1 Å². The van der Waals surface area contributed by atoms with Crippen LogP contribution in [0.25, 0.3) is 11.0 Å². The van der Waals surface area contributed by atoms with Gasteiger partial charge in [-0.05, 0) is 48.0 Å². The van der Waals surface area contributed by atoms with Crippen LogP contribution in [0.5, 0.6) is 5.75 Å². The Morgan fingerprint density at radius 1 is 0.795 bits per heavy atom. The summed E-state index contributed by atoms with van der Waals surface area (Å²) in [6.07, 6.45) is -0.770. The van der Waals surface area contributed by atoms with Crippen molar-refractivity contribution in [3.05, 3.63) is 135 Å². The molecular formula is C32H18ClNO5. The normalized spacial score (nSPS) is 22.4. The number of ether oxygens (including phenoxy) is 1. The maximum atomic E-state index is 15.0. The van der Waals surface area contributed by atoms with E-state index in [0.29, 0.717) is 44.1 Å². The van der Waals surface area contributed by atoms with E-state index >= 15 is 4.79 Å². The number of carbonyl (C=O) groups is 2. The number of fused-ring (bicyclic) bond motifs is 10. The van der Waals surface area contributed by atoms with Gasteiger partial charge >= 0.3 is 5.63 Å². The summed E-state index contributed by atoms with van der Waals surface area (Å²) in [6, 6.07) is 28.5. The van der Waals surface area contributed by atoms with Gasteiger partial charge in [0.15, 0.2) is 5.78 Å². The van der Waals surface area contributed by atoms with Crippen LogP contribution in [0.2, 0.25) is 5.02 Å². The molecular weight excluding hydrogens is 514 g/mol. The third-order valence-corrected chi connectivity index (χ3v) is 8.44. The molecule has 7 heteroatoms. The van der Waals surface area contributed by atoms with Gasteiger partial charge in [0, 0.05) is 21.8 Å². The summed E-state index contributed by atoms with van der Waals surface area (Å²) in [7, 11) is 0. The Morgan fingerprint density at radius 3 is 2.36 bits per heavy atom. The van der Waals surface area contributed by atoms with E-state index in [1.165, 1.54) is 0 Å². The highest BCUT2D eigenvalue weighted by atomic mass is 35.5. The van der Waals surface area contributed by atoms with E-state index in [1.54, 1.807) is 59.5 Å². The zero-order chi connectivity index (χ0) is 26.5. The Hall–Kier alpha value is -4.68. The van der Waals surface area contributed by atoms with Gasteiger partial charge in [-0.3, -0.25) is 14.5 Å². The van der Waals surface area contributed by atoms with Gasteiger partial charge in [-0.2, -0.15) is 0 Å². The standard InChI is InChI=1S/C32H18ClNO5/c33-17-13-15-18(16-14-17)34-23-11-5-4-10-22(23)32(31(34)37)25-27(35)19-7-1-2-8-20(19)28(25)39-29-21-9-3-6-12-24(21)38-30(36)26(29)32/h1-16,25,28H. The van der Waals surface area contributed by atoms with Gasteiger partial charge in [-0.1, -0.05) is 66.2 Å². The lowest BCUT2D eigenvalue weighted by Crippen LogP contribution is -2.54. The lowest BCUT2D eigenvalue weighted by atomic mass is 9.62. The molecule has 1 spiro atoms. The smallest absolute Gasteiger partial charge is 0.344 e. The predicted octanol–water partition coefficient (Wildman–Crippen LogP) is 6.36. The third-order valence-electron chi connectivity index (χ3n) is 8.18. The van der Waals surface area contributed by atoms with Crippen LogP contribution in [-0.4, -0.2) is 11.7 Å². The average Bonchev–Trinajstić information content (AvgIpc) is 3.38. The summed E-state index contributed by atoms with van der Waals surface area (Å²) < 4.78 is 12.4. The Kier molecular flexibility index (Phi) is 4.39. The number of Topliss-reactive ketones (excluding diaryl/α,β-unsaturated/α-hetero) is 1. The molecule has 5 aromatic rings. The average molecular weight is 532 g/mol. The molecule has 0 radical (unpaired) electrons. The number of carbonyl (C=O) groups excluding carboxylic acids is 2. The number of rotatable bonds is 1. The molecule has 0 saturated carbocycles. The first-order valence-corrected chi connectivity index (χ1v) is 13.0. The van der Waals surface area contributed by atoms with Crippen molar-refractivity contribution in [2.24, 2.45) is 5.92 Å². The largest absolute Gasteiger partial charge is 0.483 e. The van der Waals surface area contributed by atoms with Crippen LogP contribution >= 0.6 is 11.6 Å². The van der Waals surface area contributed by atoms with Crippen molar-refractivity contribution in [2.75, 3.05) is 4.90 Å². The lowest BCUT2D eigenvalue weighted by molar-refractivity contribution is -0.124. The van der Waals surface area contributed by atoms with Gasteiger partial charge < -0.3 is 9.15 Å². The number of amides is 1. The molecule has 8 rings (SSSR count). The van der Waals surface area contributed by atoms with Gasteiger partial charge in [-0.15, -0.1) is 0 Å². The summed E-state index contributed by atoms with van der Waals surface area (Å²) in [5.74, 6) is -1.38. The first-order valence-electron chi connectivity index (χ1n) is 12.6. The second-order valence-corrected chi connectivity index (χ2v) is 10.4. The molecule has 0 fully saturated rings. The zero-order valence-electron chi connectivity index (χ0n) is 20.3. The van der Waals surface area contributed by atoms with Crippen LogP contribution in [0, 0.1) is 5.92 Å². The SMILES string of the molecule is O=C1c2ccccc2C2Oc3c(c(=O)oc4ccccc34)C3(C(=O)N(c4ccc(Cl)cc4)c4ccccc43)C12. The van der Waals surface area contributed by atoms with Crippen LogP contribution in [0.1, 0.15) is 33.2 Å². The first kappa shape index (κ1) is 22.3. The molecule has 39 heavy (non-hydrogen) atoms. The molecule has 1 aliphatic carbocycles. The van der Waals surface area contributed by atoms with E-state index in [9.17, 15) is 9.59 Å². The topological polar surface area (TPSA) is 76.8 Å². The molecule has 4 aromatic carbocycles. The summed E-state index contributed by atoms with van der Waals surface area (Å²) >= 11 is 6.17. The molecule has 188 valence electrons. The number of benzene rings is 4. The van der Waals surface area contributed by atoms with Crippen molar-refractivity contribution < 1.29 is 18.7 Å². The molecule has 6 nitrogen and oxygen atoms in total. The number of nitrogens with zero attached hydrogens (tertiary/aromatic N) is 1. The lowest BCUT2D eigenvalue weighted by Gasteiger charge is -2.41. The van der Waals surface area contributed by atoms with Crippen molar-refractivity contribution in [3.63, 3.8) is 0 Å². The van der Waals surface area contributed by atoms with Gasteiger partial charge in [0.1, 0.15) is 28.4 Å². The third kappa shape index (κ3) is 2.69. The molecule has 0 saturated heterocycles. The van der Waals surface area contributed by atoms with E-state index < -0.39 is 29.0 Å². The molecule has 2 aliphatic heterocycles. The van der Waals surface area contributed by atoms with Crippen molar-refractivity contribution in [3.8, 4) is 5.75 Å². The van der Waals surface area contributed by atoms with Crippen molar-refractivity contribution in [1.29, 1.82) is 0 Å². The second-order valence-electron chi connectivity index (χ2n) is 10.00. The molecule has 0 bridgehead atoms. The fourth-order valence-electron chi connectivity index (χ4n) is 6.67. The zero-order valence-corrected chi connectivity index (χ0v) is 21.0. The van der Waals surface area contributed by atoms with E-state index in [4.69, 9.17) is 20.8 Å². The minimum atomic E-state index is -1.67. The van der Waals surface area contributed by atoms with Crippen molar-refractivity contribution >= 4 is 45.6 Å². The summed E-state index contributed by atoms with van der Waals surface area (Å²) in [4.78, 5) is 44.7. The second kappa shape index (κ2) is 7.68. The fraction of sp³-hybridized carbons (Fsp3) is 0.0938. The van der Waals surface area contributed by atoms with Gasteiger partial charge in [0.05, 0.1) is 17.0 Å². The Labute approximate surface area is 227 Å². The van der Waals surface area contributed by atoms with Crippen molar-refractivity contribution in [2.45, 2.75) is 11.5 Å². The summed E-state index contributed by atoms with van der Waals surface area (Å²) in [5.41, 5.74) is 0.946. The Bertz CT molecular complexity index is 1950. The van der Waals surface area contributed by atoms with Crippen LogP contribution in [0.4, 0.5) is 11.4 Å². The van der Waals surface area contributed by atoms with E-state index in [2.05, 4.69) is 0 Å². The van der Waals surface area contributed by atoms with Gasteiger partial charge in [0.25, 0.3) is 0 Å². The van der Waals surface area contributed by atoms with Crippen LogP contribution < -0.4 is 15.3 Å². The van der Waals surface area contributed by atoms with Gasteiger partial charge in [-0.25, -0.2) is 4.79 Å². The summed E-state index contributed by atoms with van der Waals surface area (Å²) in [5, 5.41) is 1.09. The minimum absolute atomic E-state index is 0.0533. The molecule has 1 aromatic heterocycles. The highest BCUT2D eigenvalue weighted by Gasteiger charge is 2.68. The molecule has 3 unspecified atom stereocenters. The molecule has 3 atom stereocenters. The maximum Gasteiger partial charge on any atom is 0.344 e. The molecule has 3 heterocycles. The number of ketones is 1. The number of anilines is 2. The minimum Gasteiger partial charge on any atom is -0.483 e. The first-order chi connectivity index (χ1) is 19.0. The van der Waals surface area contributed by atoms with Crippen molar-refractivity contribution in [1.82, 2.24) is 0 Å². The number of hydrogen-bond donors (Lipinski definition) is 0. The molecule has 1 amide bonds. The van der Waals surface area contributed by atoms with E-state index in [1.807, 2.05) is 42.5 Å². The van der Waals surface area contributed by atoms with Crippen LogP contribution in [0.15, 0.2) is 106 Å². The quantitative estimate of drug-likeness (QED) is 0.235. The summed E-state index contributed by atoms with van der Waals surface area (Å²) in [6.45, 7) is 0. The highest BCUT2D eigenvalue weighted by Crippen LogP contribution is 2.63. The molecule has 3 aliphatic rings. The van der Waals surface area contributed by atoms with E-state index in [0.717, 1.165) is 0 Å². The van der Waals surface area contributed by atoms with Crippen LogP contribution in [-0.2, 0) is 10.2 Å². The number of para-hydroxylation sites is 2. The fourth-order valence-corrected chi connectivity index (χ4v) is 6.79.